The summed E-state index contributed by atoms with van der Waals surface area (Å²) in [5, 5.41) is 12.2. The van der Waals surface area contributed by atoms with Gasteiger partial charge in [-0.2, -0.15) is 0 Å². The average Bonchev–Trinajstić information content (AvgIpc) is 2.82. The van der Waals surface area contributed by atoms with Crippen LogP contribution in [0.25, 0.3) is 0 Å². The Morgan fingerprint density at radius 3 is 3.00 bits per heavy atom. The Labute approximate surface area is 114 Å². The van der Waals surface area contributed by atoms with Crippen LogP contribution in [0.5, 0.6) is 0 Å². The summed E-state index contributed by atoms with van der Waals surface area (Å²) in [4.78, 5) is 14.1. The highest BCUT2D eigenvalue weighted by Crippen LogP contribution is 2.19. The molecule has 4 nitrogen and oxygen atoms in total. The minimum Gasteiger partial charge on any atom is -0.395 e. The van der Waals surface area contributed by atoms with Crippen LogP contribution in [0.3, 0.4) is 0 Å². The van der Waals surface area contributed by atoms with Gasteiger partial charge in [-0.15, -0.1) is 0 Å². The van der Waals surface area contributed by atoms with Crippen LogP contribution in [-0.2, 0) is 4.79 Å². The van der Waals surface area contributed by atoms with Gasteiger partial charge in [0.25, 0.3) is 0 Å². The van der Waals surface area contributed by atoms with Crippen molar-refractivity contribution in [3.63, 3.8) is 0 Å². The first-order valence-corrected chi connectivity index (χ1v) is 6.83. The fourth-order valence-corrected chi connectivity index (χ4v) is 2.57. The number of amides is 1. The Hall–Kier alpha value is -1.39. The summed E-state index contributed by atoms with van der Waals surface area (Å²) in [7, 11) is 0. The number of anilines is 1. The van der Waals surface area contributed by atoms with Gasteiger partial charge in [0.15, 0.2) is 0 Å². The van der Waals surface area contributed by atoms with E-state index in [0.717, 1.165) is 30.6 Å². The van der Waals surface area contributed by atoms with Gasteiger partial charge in [0.05, 0.1) is 13.2 Å². The second-order valence-electron chi connectivity index (χ2n) is 5.24. The number of likely N-dealkylation sites (tertiary alicyclic amines) is 1. The Morgan fingerprint density at radius 1 is 1.47 bits per heavy atom. The highest BCUT2D eigenvalue weighted by atomic mass is 16.3. The third-order valence-corrected chi connectivity index (χ3v) is 3.94. The van der Waals surface area contributed by atoms with Gasteiger partial charge in [-0.25, -0.2) is 0 Å². The Morgan fingerprint density at radius 2 is 2.26 bits per heavy atom. The number of carbonyl (C=O) groups is 1. The van der Waals surface area contributed by atoms with Crippen LogP contribution in [0, 0.1) is 13.8 Å². The molecule has 19 heavy (non-hydrogen) atoms. The molecule has 1 atom stereocenters. The van der Waals surface area contributed by atoms with E-state index >= 15 is 0 Å². The number of aliphatic hydroxyl groups is 1. The molecule has 2 rings (SSSR count). The maximum atomic E-state index is 12.1. The molecule has 0 spiro atoms. The minimum atomic E-state index is -0.00551. The molecule has 1 aliphatic rings. The molecular weight excluding hydrogens is 240 g/mol. The fourth-order valence-electron chi connectivity index (χ4n) is 2.57. The summed E-state index contributed by atoms with van der Waals surface area (Å²) in [5.74, 6) is -0.00551. The number of benzene rings is 1. The topological polar surface area (TPSA) is 52.6 Å². The van der Waals surface area contributed by atoms with E-state index in [2.05, 4.69) is 10.2 Å². The molecule has 0 radical (unpaired) electrons. The zero-order valence-electron chi connectivity index (χ0n) is 11.6. The summed E-state index contributed by atoms with van der Waals surface area (Å²) >= 11 is 0. The molecule has 0 aromatic heterocycles. The summed E-state index contributed by atoms with van der Waals surface area (Å²) in [6.45, 7) is 5.44. The Balaban J connectivity index is 1.96. The van der Waals surface area contributed by atoms with Crippen molar-refractivity contribution < 1.29 is 9.90 Å². The first-order valence-electron chi connectivity index (χ1n) is 6.83. The molecule has 104 valence electrons. The lowest BCUT2D eigenvalue weighted by Gasteiger charge is -2.22. The van der Waals surface area contributed by atoms with Gasteiger partial charge in [0.1, 0.15) is 0 Å². The van der Waals surface area contributed by atoms with Crippen molar-refractivity contribution in [1.82, 2.24) is 4.90 Å². The van der Waals surface area contributed by atoms with Gasteiger partial charge in [0, 0.05) is 11.7 Å². The number of hydrogen-bond donors (Lipinski definition) is 2. The number of hydrogen-bond acceptors (Lipinski definition) is 3. The molecule has 0 unspecified atom stereocenters. The molecule has 1 aromatic rings. The van der Waals surface area contributed by atoms with Crippen molar-refractivity contribution in [2.45, 2.75) is 32.7 Å². The van der Waals surface area contributed by atoms with Gasteiger partial charge in [-0.3, -0.25) is 9.69 Å². The normalized spacial score (nSPS) is 19.6. The molecular formula is C15H22N2O2. The van der Waals surface area contributed by atoms with E-state index in [-0.39, 0.29) is 18.6 Å². The van der Waals surface area contributed by atoms with Crippen molar-refractivity contribution in [1.29, 1.82) is 0 Å². The van der Waals surface area contributed by atoms with Crippen LogP contribution in [0.2, 0.25) is 0 Å². The van der Waals surface area contributed by atoms with E-state index < -0.39 is 0 Å². The molecule has 0 bridgehead atoms. The van der Waals surface area contributed by atoms with E-state index in [9.17, 15) is 9.90 Å². The second-order valence-corrected chi connectivity index (χ2v) is 5.24. The quantitative estimate of drug-likeness (QED) is 0.868. The van der Waals surface area contributed by atoms with Crippen LogP contribution >= 0.6 is 0 Å². The number of aliphatic hydroxyl groups excluding tert-OH is 1. The standard InChI is InChI=1S/C15H22N2O2/c1-11-5-3-7-14(12(11)2)16-15(19)9-17-8-4-6-13(17)10-18/h3,5,7,13,18H,4,6,8-10H2,1-2H3,(H,16,19)/t13-/m1/s1. The lowest BCUT2D eigenvalue weighted by atomic mass is 10.1. The Bertz CT molecular complexity index is 459. The van der Waals surface area contributed by atoms with E-state index in [4.69, 9.17) is 0 Å². The molecule has 0 saturated carbocycles. The zero-order chi connectivity index (χ0) is 13.8. The fraction of sp³-hybridized carbons (Fsp3) is 0.533. The van der Waals surface area contributed by atoms with Gasteiger partial charge in [0.2, 0.25) is 5.91 Å². The molecule has 1 aliphatic heterocycles. The highest BCUT2D eigenvalue weighted by Gasteiger charge is 2.25. The van der Waals surface area contributed by atoms with Crippen molar-refractivity contribution in [3.05, 3.63) is 29.3 Å². The number of nitrogens with one attached hydrogen (secondary N) is 1. The maximum Gasteiger partial charge on any atom is 0.238 e. The van der Waals surface area contributed by atoms with Gasteiger partial charge in [-0.1, -0.05) is 12.1 Å². The van der Waals surface area contributed by atoms with Crippen LogP contribution in [0.4, 0.5) is 5.69 Å². The number of carbonyl (C=O) groups excluding carboxylic acids is 1. The SMILES string of the molecule is Cc1cccc(NC(=O)CN2CCC[C@@H]2CO)c1C. The number of aryl methyl sites for hydroxylation is 1. The zero-order valence-corrected chi connectivity index (χ0v) is 11.6. The first-order chi connectivity index (χ1) is 9.11. The van der Waals surface area contributed by atoms with Crippen molar-refractivity contribution in [2.24, 2.45) is 0 Å². The highest BCUT2D eigenvalue weighted by molar-refractivity contribution is 5.93. The number of rotatable bonds is 4. The molecule has 1 saturated heterocycles. The average molecular weight is 262 g/mol. The lowest BCUT2D eigenvalue weighted by molar-refractivity contribution is -0.117. The lowest BCUT2D eigenvalue weighted by Crippen LogP contribution is -2.38. The number of nitrogens with zero attached hydrogens (tertiary/aromatic N) is 1. The van der Waals surface area contributed by atoms with E-state index in [1.165, 1.54) is 5.56 Å². The molecule has 1 fully saturated rings. The smallest absolute Gasteiger partial charge is 0.238 e. The summed E-state index contributed by atoms with van der Waals surface area (Å²) < 4.78 is 0. The molecule has 1 aromatic carbocycles. The third kappa shape index (κ3) is 3.33. The molecule has 0 aliphatic carbocycles. The predicted octanol–water partition coefficient (Wildman–Crippen LogP) is 1.70. The van der Waals surface area contributed by atoms with Crippen molar-refractivity contribution in [2.75, 3.05) is 25.0 Å². The van der Waals surface area contributed by atoms with Gasteiger partial charge < -0.3 is 10.4 Å². The van der Waals surface area contributed by atoms with Gasteiger partial charge in [-0.05, 0) is 50.4 Å². The van der Waals surface area contributed by atoms with Crippen molar-refractivity contribution in [3.8, 4) is 0 Å². The summed E-state index contributed by atoms with van der Waals surface area (Å²) in [6, 6.07) is 6.05. The maximum absolute atomic E-state index is 12.1. The van der Waals surface area contributed by atoms with Crippen LogP contribution in [0.1, 0.15) is 24.0 Å². The Kier molecular flexibility index (Phi) is 4.56. The summed E-state index contributed by atoms with van der Waals surface area (Å²) in [5.41, 5.74) is 3.16. The van der Waals surface area contributed by atoms with Crippen LogP contribution in [-0.4, -0.2) is 41.7 Å². The monoisotopic (exact) mass is 262 g/mol. The molecule has 1 amide bonds. The van der Waals surface area contributed by atoms with E-state index in [1.807, 2.05) is 32.0 Å². The van der Waals surface area contributed by atoms with Crippen LogP contribution < -0.4 is 5.32 Å². The predicted molar refractivity (Wildman–Crippen MR) is 76.2 cm³/mol. The largest absolute Gasteiger partial charge is 0.395 e. The molecule has 4 heteroatoms. The van der Waals surface area contributed by atoms with Gasteiger partial charge >= 0.3 is 0 Å². The third-order valence-electron chi connectivity index (χ3n) is 3.94. The van der Waals surface area contributed by atoms with Crippen LogP contribution in [0.15, 0.2) is 18.2 Å². The van der Waals surface area contributed by atoms with Crippen molar-refractivity contribution >= 4 is 11.6 Å². The molecule has 2 N–H and O–H groups in total. The molecule has 1 heterocycles. The summed E-state index contributed by atoms with van der Waals surface area (Å²) in [6.07, 6.45) is 2.04. The van der Waals surface area contributed by atoms with E-state index in [0.29, 0.717) is 6.54 Å². The van der Waals surface area contributed by atoms with E-state index in [1.54, 1.807) is 0 Å². The first kappa shape index (κ1) is 14.0. The minimum absolute atomic E-state index is 0.00551. The second kappa shape index (κ2) is 6.17.